The zero-order valence-electron chi connectivity index (χ0n) is 17.6. The fourth-order valence-corrected chi connectivity index (χ4v) is 3.09. The third kappa shape index (κ3) is 6.38. The van der Waals surface area contributed by atoms with Gasteiger partial charge in [0.25, 0.3) is 5.91 Å². The van der Waals surface area contributed by atoms with Crippen LogP contribution in [0.2, 0.25) is 0 Å². The first-order chi connectivity index (χ1) is 13.5. The second-order valence-electron chi connectivity index (χ2n) is 8.28. The van der Waals surface area contributed by atoms with Crippen LogP contribution in [0.4, 0.5) is 8.78 Å². The quantitative estimate of drug-likeness (QED) is 0.719. The smallest absolute Gasteiger partial charge is 0.251 e. The minimum atomic E-state index is -0.813. The molecule has 4 nitrogen and oxygen atoms in total. The predicted molar refractivity (Wildman–Crippen MR) is 110 cm³/mol. The average molecular weight is 402 g/mol. The Morgan fingerprint density at radius 2 is 1.38 bits per heavy atom. The molecule has 2 rings (SSSR count). The number of aryl methyl sites for hydroxylation is 2. The minimum Gasteiger partial charge on any atom is -0.354 e. The molecule has 0 radical (unpaired) electrons. The van der Waals surface area contributed by atoms with E-state index in [1.54, 1.807) is 0 Å². The number of hydrogen-bond donors (Lipinski definition) is 2. The summed E-state index contributed by atoms with van der Waals surface area (Å²) in [7, 11) is 0. The second-order valence-corrected chi connectivity index (χ2v) is 8.28. The molecular formula is C23H28F2N2O2. The van der Waals surface area contributed by atoms with E-state index in [0.717, 1.165) is 28.8 Å². The normalized spacial score (nSPS) is 11.3. The number of rotatable bonds is 6. The lowest BCUT2D eigenvalue weighted by Crippen LogP contribution is -2.35. The molecule has 2 N–H and O–H groups in total. The number of benzene rings is 2. The van der Waals surface area contributed by atoms with Crippen LogP contribution in [0, 0.1) is 25.5 Å². The van der Waals surface area contributed by atoms with Gasteiger partial charge in [0.05, 0.1) is 6.42 Å². The molecule has 0 unspecified atom stereocenters. The van der Waals surface area contributed by atoms with Crippen molar-refractivity contribution in [3.63, 3.8) is 0 Å². The van der Waals surface area contributed by atoms with Crippen molar-refractivity contribution in [1.29, 1.82) is 0 Å². The van der Waals surface area contributed by atoms with Gasteiger partial charge >= 0.3 is 0 Å². The van der Waals surface area contributed by atoms with E-state index in [2.05, 4.69) is 43.5 Å². The predicted octanol–water partition coefficient (Wildman–Crippen LogP) is 3.97. The van der Waals surface area contributed by atoms with Crippen LogP contribution in [0.25, 0.3) is 0 Å². The van der Waals surface area contributed by atoms with Crippen LogP contribution < -0.4 is 10.6 Å². The molecule has 0 aromatic heterocycles. The Morgan fingerprint density at radius 3 is 1.90 bits per heavy atom. The summed E-state index contributed by atoms with van der Waals surface area (Å²) in [5.74, 6) is -2.37. The van der Waals surface area contributed by atoms with Gasteiger partial charge in [-0.05, 0) is 53.6 Å². The van der Waals surface area contributed by atoms with Crippen molar-refractivity contribution in [1.82, 2.24) is 10.6 Å². The fourth-order valence-electron chi connectivity index (χ4n) is 3.09. The summed E-state index contributed by atoms with van der Waals surface area (Å²) in [6.45, 7) is 10.8. The SMILES string of the molecule is Cc1cc(C(C)(C)C)cc(C)c1CC(=O)NCCNC(=O)c1cc(F)cc(F)c1. The van der Waals surface area contributed by atoms with Gasteiger partial charge in [0.2, 0.25) is 5.91 Å². The molecule has 0 fully saturated rings. The molecule has 0 heterocycles. The monoisotopic (exact) mass is 402 g/mol. The topological polar surface area (TPSA) is 58.2 Å². The van der Waals surface area contributed by atoms with Crippen LogP contribution in [0.5, 0.6) is 0 Å². The second kappa shape index (κ2) is 9.16. The van der Waals surface area contributed by atoms with E-state index in [4.69, 9.17) is 0 Å². The first-order valence-electron chi connectivity index (χ1n) is 9.59. The van der Waals surface area contributed by atoms with Crippen LogP contribution in [-0.4, -0.2) is 24.9 Å². The van der Waals surface area contributed by atoms with Crippen LogP contribution in [0.15, 0.2) is 30.3 Å². The van der Waals surface area contributed by atoms with Crippen molar-refractivity contribution in [2.75, 3.05) is 13.1 Å². The van der Waals surface area contributed by atoms with Crippen molar-refractivity contribution < 1.29 is 18.4 Å². The highest BCUT2D eigenvalue weighted by Crippen LogP contribution is 2.27. The summed E-state index contributed by atoms with van der Waals surface area (Å²) >= 11 is 0. The van der Waals surface area contributed by atoms with Gasteiger partial charge in [0.15, 0.2) is 0 Å². The lowest BCUT2D eigenvalue weighted by atomic mass is 9.83. The van der Waals surface area contributed by atoms with Gasteiger partial charge in [-0.25, -0.2) is 8.78 Å². The number of nitrogens with one attached hydrogen (secondary N) is 2. The molecule has 2 amide bonds. The molecule has 2 aromatic rings. The lowest BCUT2D eigenvalue weighted by molar-refractivity contribution is -0.120. The molecule has 0 aliphatic heterocycles. The zero-order chi connectivity index (χ0) is 21.8. The largest absolute Gasteiger partial charge is 0.354 e. The number of carbonyl (C=O) groups is 2. The molecule has 0 bridgehead atoms. The number of amides is 2. The Morgan fingerprint density at radius 1 is 0.862 bits per heavy atom. The number of halogens is 2. The van der Waals surface area contributed by atoms with Crippen LogP contribution in [0.3, 0.4) is 0 Å². The maximum absolute atomic E-state index is 13.2. The molecular weight excluding hydrogens is 374 g/mol. The molecule has 0 saturated carbocycles. The average Bonchev–Trinajstić information content (AvgIpc) is 2.59. The Labute approximate surface area is 170 Å². The molecule has 6 heteroatoms. The Bertz CT molecular complexity index is 874. The van der Waals surface area contributed by atoms with Gasteiger partial charge in [-0.1, -0.05) is 32.9 Å². The summed E-state index contributed by atoms with van der Waals surface area (Å²) in [6.07, 6.45) is 0.255. The molecule has 0 aliphatic rings. The third-order valence-electron chi connectivity index (χ3n) is 4.76. The molecule has 156 valence electrons. The fraction of sp³-hybridized carbons (Fsp3) is 0.391. The van der Waals surface area contributed by atoms with Gasteiger partial charge < -0.3 is 10.6 Å². The highest BCUT2D eigenvalue weighted by Gasteiger charge is 2.17. The Kier molecular flexibility index (Phi) is 7.11. The molecule has 0 atom stereocenters. The first kappa shape index (κ1) is 22.5. The van der Waals surface area contributed by atoms with Crippen molar-refractivity contribution in [3.8, 4) is 0 Å². The highest BCUT2D eigenvalue weighted by atomic mass is 19.1. The maximum Gasteiger partial charge on any atom is 0.251 e. The molecule has 2 aromatic carbocycles. The summed E-state index contributed by atoms with van der Waals surface area (Å²) in [5, 5.41) is 5.29. The first-order valence-corrected chi connectivity index (χ1v) is 9.59. The number of hydrogen-bond acceptors (Lipinski definition) is 2. The number of carbonyl (C=O) groups excluding carboxylic acids is 2. The van der Waals surface area contributed by atoms with E-state index >= 15 is 0 Å². The van der Waals surface area contributed by atoms with Gasteiger partial charge in [-0.15, -0.1) is 0 Å². The van der Waals surface area contributed by atoms with E-state index in [9.17, 15) is 18.4 Å². The minimum absolute atomic E-state index is 0.0408. The van der Waals surface area contributed by atoms with Crippen molar-refractivity contribution in [2.24, 2.45) is 0 Å². The van der Waals surface area contributed by atoms with Crippen molar-refractivity contribution in [3.05, 3.63) is 69.8 Å². The summed E-state index contributed by atoms with van der Waals surface area (Å²) in [6, 6.07) is 6.87. The highest BCUT2D eigenvalue weighted by molar-refractivity contribution is 5.94. The van der Waals surface area contributed by atoms with E-state index in [1.807, 2.05) is 13.8 Å². The van der Waals surface area contributed by atoms with E-state index < -0.39 is 17.5 Å². The van der Waals surface area contributed by atoms with Crippen LogP contribution >= 0.6 is 0 Å². The molecule has 0 saturated heterocycles. The van der Waals surface area contributed by atoms with Crippen molar-refractivity contribution >= 4 is 11.8 Å². The van der Waals surface area contributed by atoms with E-state index in [0.29, 0.717) is 6.07 Å². The Balaban J connectivity index is 1.87. The van der Waals surface area contributed by atoms with Gasteiger partial charge in [0.1, 0.15) is 11.6 Å². The van der Waals surface area contributed by atoms with Gasteiger partial charge in [-0.2, -0.15) is 0 Å². The third-order valence-corrected chi connectivity index (χ3v) is 4.76. The van der Waals surface area contributed by atoms with E-state index in [1.165, 1.54) is 5.56 Å². The summed E-state index contributed by atoms with van der Waals surface area (Å²) in [5.41, 5.74) is 4.32. The maximum atomic E-state index is 13.2. The standard InChI is InChI=1S/C23H28F2N2O2/c1-14-8-17(23(3,4)5)9-15(2)20(14)13-21(28)26-6-7-27-22(29)16-10-18(24)12-19(25)11-16/h8-12H,6-7,13H2,1-5H3,(H,26,28)(H,27,29). The van der Waals surface area contributed by atoms with Gasteiger partial charge in [0, 0.05) is 24.7 Å². The summed E-state index contributed by atoms with van der Waals surface area (Å²) in [4.78, 5) is 24.2. The van der Waals surface area contributed by atoms with Crippen LogP contribution in [-0.2, 0) is 16.6 Å². The lowest BCUT2D eigenvalue weighted by Gasteiger charge is -2.22. The van der Waals surface area contributed by atoms with E-state index in [-0.39, 0.29) is 36.4 Å². The van der Waals surface area contributed by atoms with Crippen LogP contribution in [0.1, 0.15) is 53.4 Å². The summed E-state index contributed by atoms with van der Waals surface area (Å²) < 4.78 is 26.3. The van der Waals surface area contributed by atoms with Gasteiger partial charge in [-0.3, -0.25) is 9.59 Å². The Hall–Kier alpha value is -2.76. The molecule has 29 heavy (non-hydrogen) atoms. The molecule has 0 aliphatic carbocycles. The molecule has 0 spiro atoms. The zero-order valence-corrected chi connectivity index (χ0v) is 17.6. The van der Waals surface area contributed by atoms with Crippen molar-refractivity contribution in [2.45, 2.75) is 46.5 Å².